The van der Waals surface area contributed by atoms with Crippen LogP contribution < -0.4 is 24.0 Å². The Kier molecular flexibility index (Phi) is 6.04. The molecule has 1 saturated heterocycles. The van der Waals surface area contributed by atoms with E-state index in [2.05, 4.69) is 38.4 Å². The van der Waals surface area contributed by atoms with E-state index >= 15 is 0 Å². The first kappa shape index (κ1) is 19.0. The molecule has 0 aliphatic carbocycles. The van der Waals surface area contributed by atoms with Crippen LogP contribution in [0.5, 0.6) is 0 Å². The second-order valence-corrected chi connectivity index (χ2v) is 7.85. The first-order valence-corrected chi connectivity index (χ1v) is 8.51. The standard InChI is InChI=1S/C19H22Cl2N.HI/c1-22(2)13-11-19(12-14-22,15-3-7-17(20)8-4-15)16-5-9-18(21)10-6-16;/h3-10H,11-14H2,1-2H3;1H/q+1;/p-1. The van der Waals surface area contributed by atoms with Crippen molar-refractivity contribution >= 4 is 23.2 Å². The zero-order chi connectivity index (χ0) is 15.8. The van der Waals surface area contributed by atoms with Gasteiger partial charge in [-0.1, -0.05) is 47.5 Å². The van der Waals surface area contributed by atoms with Gasteiger partial charge in [-0.05, 0) is 35.4 Å². The number of likely N-dealkylation sites (tertiary alicyclic amines) is 1. The minimum absolute atomic E-state index is 0. The molecule has 0 bridgehead atoms. The summed E-state index contributed by atoms with van der Waals surface area (Å²) in [4.78, 5) is 0. The van der Waals surface area contributed by atoms with Crippen molar-refractivity contribution in [2.45, 2.75) is 18.3 Å². The van der Waals surface area contributed by atoms with E-state index in [0.717, 1.165) is 27.4 Å². The van der Waals surface area contributed by atoms with Crippen molar-refractivity contribution < 1.29 is 28.5 Å². The van der Waals surface area contributed by atoms with Crippen molar-refractivity contribution in [3.63, 3.8) is 0 Å². The zero-order valence-corrected chi connectivity index (χ0v) is 17.2. The van der Waals surface area contributed by atoms with Gasteiger partial charge in [0.15, 0.2) is 0 Å². The molecule has 0 unspecified atom stereocenters. The Labute approximate surface area is 166 Å². The van der Waals surface area contributed by atoms with Crippen molar-refractivity contribution in [3.8, 4) is 0 Å². The molecular formula is C19H22Cl2IN. The van der Waals surface area contributed by atoms with Crippen molar-refractivity contribution in [3.05, 3.63) is 69.7 Å². The van der Waals surface area contributed by atoms with Gasteiger partial charge >= 0.3 is 0 Å². The maximum atomic E-state index is 6.09. The maximum Gasteiger partial charge on any atom is 0.0794 e. The van der Waals surface area contributed by atoms with Crippen LogP contribution in [-0.2, 0) is 5.41 Å². The summed E-state index contributed by atoms with van der Waals surface area (Å²) >= 11 is 12.2. The molecule has 2 aromatic carbocycles. The number of rotatable bonds is 2. The van der Waals surface area contributed by atoms with Crippen molar-refractivity contribution in [1.29, 1.82) is 0 Å². The summed E-state index contributed by atoms with van der Waals surface area (Å²) in [7, 11) is 4.63. The van der Waals surface area contributed by atoms with Crippen LogP contribution in [0.1, 0.15) is 24.0 Å². The van der Waals surface area contributed by atoms with Gasteiger partial charge in [-0.2, -0.15) is 0 Å². The van der Waals surface area contributed by atoms with E-state index in [0.29, 0.717) is 0 Å². The van der Waals surface area contributed by atoms with Crippen LogP contribution in [0, 0.1) is 0 Å². The molecule has 4 heteroatoms. The van der Waals surface area contributed by atoms with Gasteiger partial charge in [0.1, 0.15) is 0 Å². The summed E-state index contributed by atoms with van der Waals surface area (Å²) in [6.45, 7) is 2.34. The number of hydrogen-bond acceptors (Lipinski definition) is 0. The number of piperidine rings is 1. The van der Waals surface area contributed by atoms with E-state index in [4.69, 9.17) is 23.2 Å². The van der Waals surface area contributed by atoms with Gasteiger partial charge in [0.2, 0.25) is 0 Å². The molecule has 0 amide bonds. The average Bonchev–Trinajstić information content (AvgIpc) is 2.50. The van der Waals surface area contributed by atoms with E-state index < -0.39 is 0 Å². The van der Waals surface area contributed by atoms with E-state index in [1.807, 2.05) is 24.3 Å². The summed E-state index contributed by atoms with van der Waals surface area (Å²) in [6, 6.07) is 16.7. The SMILES string of the molecule is C[N+]1(C)CCC(c2ccc(Cl)cc2)(c2ccc(Cl)cc2)CC1.[I-]. The highest BCUT2D eigenvalue weighted by molar-refractivity contribution is 6.30. The second kappa shape index (κ2) is 7.30. The largest absolute Gasteiger partial charge is 1.00 e. The third-order valence-electron chi connectivity index (χ3n) is 5.08. The lowest BCUT2D eigenvalue weighted by Crippen LogP contribution is -3.00. The lowest BCUT2D eigenvalue weighted by molar-refractivity contribution is -0.896. The minimum atomic E-state index is 0. The Morgan fingerprint density at radius 3 is 1.43 bits per heavy atom. The lowest BCUT2D eigenvalue weighted by atomic mass is 9.68. The molecule has 0 aromatic heterocycles. The van der Waals surface area contributed by atoms with Crippen LogP contribution in [0.25, 0.3) is 0 Å². The van der Waals surface area contributed by atoms with Crippen LogP contribution >= 0.6 is 23.2 Å². The van der Waals surface area contributed by atoms with Crippen LogP contribution in [-0.4, -0.2) is 31.7 Å². The number of nitrogens with zero attached hydrogens (tertiary/aromatic N) is 1. The topological polar surface area (TPSA) is 0 Å². The molecule has 1 heterocycles. The summed E-state index contributed by atoms with van der Waals surface area (Å²) in [5.74, 6) is 0. The lowest BCUT2D eigenvalue weighted by Gasteiger charge is -2.45. The van der Waals surface area contributed by atoms with Gasteiger partial charge in [0.25, 0.3) is 0 Å². The molecule has 23 heavy (non-hydrogen) atoms. The quantitative estimate of drug-likeness (QED) is 0.475. The Morgan fingerprint density at radius 2 is 1.09 bits per heavy atom. The molecule has 2 aromatic rings. The molecule has 0 atom stereocenters. The minimum Gasteiger partial charge on any atom is -1.00 e. The maximum absolute atomic E-state index is 6.09. The molecule has 1 nitrogen and oxygen atoms in total. The van der Waals surface area contributed by atoms with E-state index in [1.165, 1.54) is 24.2 Å². The zero-order valence-electron chi connectivity index (χ0n) is 13.5. The van der Waals surface area contributed by atoms with Crippen molar-refractivity contribution in [2.75, 3.05) is 27.2 Å². The van der Waals surface area contributed by atoms with Crippen LogP contribution in [0.3, 0.4) is 0 Å². The third-order valence-corrected chi connectivity index (χ3v) is 5.59. The first-order valence-electron chi connectivity index (χ1n) is 7.75. The Balaban J connectivity index is 0.00000192. The molecule has 0 saturated carbocycles. The van der Waals surface area contributed by atoms with Crippen molar-refractivity contribution in [1.82, 2.24) is 0 Å². The highest BCUT2D eigenvalue weighted by Gasteiger charge is 2.41. The Morgan fingerprint density at radius 1 is 0.739 bits per heavy atom. The summed E-state index contributed by atoms with van der Waals surface area (Å²) < 4.78 is 1.09. The summed E-state index contributed by atoms with van der Waals surface area (Å²) in [6.07, 6.45) is 2.28. The van der Waals surface area contributed by atoms with Crippen LogP contribution in [0.4, 0.5) is 0 Å². The molecule has 0 radical (unpaired) electrons. The number of benzene rings is 2. The average molecular weight is 462 g/mol. The molecular weight excluding hydrogens is 440 g/mol. The van der Waals surface area contributed by atoms with E-state index in [9.17, 15) is 0 Å². The van der Waals surface area contributed by atoms with Gasteiger partial charge in [-0.15, -0.1) is 0 Å². The van der Waals surface area contributed by atoms with Gasteiger partial charge in [-0.3, -0.25) is 0 Å². The molecule has 1 aliphatic rings. The van der Waals surface area contributed by atoms with Gasteiger partial charge in [0.05, 0.1) is 27.2 Å². The molecule has 1 aliphatic heterocycles. The van der Waals surface area contributed by atoms with E-state index in [-0.39, 0.29) is 29.4 Å². The Hall–Kier alpha value is -0.290. The van der Waals surface area contributed by atoms with Gasteiger partial charge in [-0.25, -0.2) is 0 Å². The molecule has 3 rings (SSSR count). The van der Waals surface area contributed by atoms with Gasteiger partial charge < -0.3 is 28.5 Å². The van der Waals surface area contributed by atoms with Crippen LogP contribution in [0.2, 0.25) is 10.0 Å². The second-order valence-electron chi connectivity index (χ2n) is 6.98. The summed E-state index contributed by atoms with van der Waals surface area (Å²) in [5, 5.41) is 1.59. The monoisotopic (exact) mass is 461 g/mol. The highest BCUT2D eigenvalue weighted by Crippen LogP contribution is 2.43. The highest BCUT2D eigenvalue weighted by atomic mass is 127. The third kappa shape index (κ3) is 4.04. The first-order chi connectivity index (χ1) is 10.4. The molecule has 124 valence electrons. The molecule has 0 N–H and O–H groups in total. The predicted octanol–water partition coefficient (Wildman–Crippen LogP) is 2.15. The number of quaternary nitrogens is 1. The van der Waals surface area contributed by atoms with Crippen molar-refractivity contribution in [2.24, 2.45) is 0 Å². The predicted molar refractivity (Wildman–Crippen MR) is 94.8 cm³/mol. The van der Waals surface area contributed by atoms with Crippen LogP contribution in [0.15, 0.2) is 48.5 Å². The number of hydrogen-bond donors (Lipinski definition) is 0. The fourth-order valence-corrected chi connectivity index (χ4v) is 3.76. The fourth-order valence-electron chi connectivity index (χ4n) is 3.51. The fraction of sp³-hybridized carbons (Fsp3) is 0.368. The number of halogens is 3. The smallest absolute Gasteiger partial charge is 0.0794 e. The van der Waals surface area contributed by atoms with Gasteiger partial charge in [0, 0.05) is 28.3 Å². The molecule has 0 spiro atoms. The van der Waals surface area contributed by atoms with E-state index in [1.54, 1.807) is 0 Å². The Bertz CT molecular complexity index is 593. The summed E-state index contributed by atoms with van der Waals surface area (Å²) in [5.41, 5.74) is 2.79. The molecule has 1 fully saturated rings. The normalized spacial score (nSPS) is 19.0.